The van der Waals surface area contributed by atoms with Gasteiger partial charge in [0.2, 0.25) is 11.8 Å². The number of hydrogen-bond donors (Lipinski definition) is 2. The Morgan fingerprint density at radius 1 is 1.17 bits per heavy atom. The summed E-state index contributed by atoms with van der Waals surface area (Å²) >= 11 is 0. The lowest BCUT2D eigenvalue weighted by atomic mass is 9.94. The van der Waals surface area contributed by atoms with Crippen molar-refractivity contribution < 1.29 is 24.2 Å². The SMILES string of the molecule is O=C(C[C@@H]1CC[C@@H]2[C@H](COC[C@H](O)CN2C(=O)C2CC2)O1)NCc1ccncc1. The van der Waals surface area contributed by atoms with E-state index >= 15 is 0 Å². The standard InChI is InChI=1S/C21H29N3O5/c25-16-11-24(21(27)15-1-2-15)18-4-3-17(29-19(18)13-28-12-16)9-20(26)23-10-14-5-7-22-8-6-14/h5-8,15-19,25H,1-4,9-13H2,(H,23,26)/t16-,17+,18-,19+/m1/s1. The number of aliphatic hydroxyl groups is 1. The van der Waals surface area contributed by atoms with E-state index in [0.29, 0.717) is 19.6 Å². The molecule has 1 saturated carbocycles. The van der Waals surface area contributed by atoms with E-state index in [1.165, 1.54) is 0 Å². The predicted molar refractivity (Wildman–Crippen MR) is 104 cm³/mol. The number of nitrogens with zero attached hydrogens (tertiary/aromatic N) is 2. The van der Waals surface area contributed by atoms with Crippen molar-refractivity contribution in [2.45, 2.75) is 63.0 Å². The first-order chi connectivity index (χ1) is 14.1. The first kappa shape index (κ1) is 20.3. The number of rotatable bonds is 5. The topological polar surface area (TPSA) is 101 Å². The molecule has 0 radical (unpaired) electrons. The Kier molecular flexibility index (Phi) is 6.42. The molecule has 2 aliphatic heterocycles. The van der Waals surface area contributed by atoms with E-state index in [1.54, 1.807) is 12.4 Å². The van der Waals surface area contributed by atoms with Crippen molar-refractivity contribution in [3.63, 3.8) is 0 Å². The number of ether oxygens (including phenoxy) is 2. The molecule has 0 unspecified atom stereocenters. The second kappa shape index (κ2) is 9.19. The summed E-state index contributed by atoms with van der Waals surface area (Å²) in [5.74, 6) is 0.163. The van der Waals surface area contributed by atoms with Crippen LogP contribution >= 0.6 is 0 Å². The van der Waals surface area contributed by atoms with Crippen LogP contribution in [0.1, 0.15) is 37.7 Å². The molecule has 2 saturated heterocycles. The fourth-order valence-electron chi connectivity index (χ4n) is 4.14. The largest absolute Gasteiger partial charge is 0.389 e. The minimum Gasteiger partial charge on any atom is -0.389 e. The summed E-state index contributed by atoms with van der Waals surface area (Å²) in [5, 5.41) is 13.1. The summed E-state index contributed by atoms with van der Waals surface area (Å²) in [6, 6.07) is 3.63. The Labute approximate surface area is 170 Å². The van der Waals surface area contributed by atoms with E-state index in [1.807, 2.05) is 17.0 Å². The minimum absolute atomic E-state index is 0.0571. The zero-order valence-electron chi connectivity index (χ0n) is 16.5. The second-order valence-electron chi connectivity index (χ2n) is 8.23. The van der Waals surface area contributed by atoms with Gasteiger partial charge in [-0.15, -0.1) is 0 Å². The van der Waals surface area contributed by atoms with Crippen molar-refractivity contribution in [2.75, 3.05) is 19.8 Å². The van der Waals surface area contributed by atoms with Gasteiger partial charge >= 0.3 is 0 Å². The van der Waals surface area contributed by atoms with Crippen LogP contribution in [0.15, 0.2) is 24.5 Å². The summed E-state index contributed by atoms with van der Waals surface area (Å²) < 4.78 is 11.8. The monoisotopic (exact) mass is 403 g/mol. The summed E-state index contributed by atoms with van der Waals surface area (Å²) in [7, 11) is 0. The van der Waals surface area contributed by atoms with E-state index < -0.39 is 6.10 Å². The van der Waals surface area contributed by atoms with Gasteiger partial charge < -0.3 is 24.8 Å². The van der Waals surface area contributed by atoms with Gasteiger partial charge in [0.25, 0.3) is 0 Å². The highest BCUT2D eigenvalue weighted by molar-refractivity contribution is 5.81. The molecule has 0 bridgehead atoms. The lowest BCUT2D eigenvalue weighted by Gasteiger charge is -2.44. The molecule has 2 N–H and O–H groups in total. The number of fused-ring (bicyclic) bond motifs is 1. The molecule has 4 rings (SSSR count). The lowest BCUT2D eigenvalue weighted by Crippen LogP contribution is -2.57. The summed E-state index contributed by atoms with van der Waals surface area (Å²) in [4.78, 5) is 30.9. The fraction of sp³-hybridized carbons (Fsp3) is 0.667. The molecule has 4 atom stereocenters. The van der Waals surface area contributed by atoms with Crippen LogP contribution in [-0.4, -0.2) is 70.9 Å². The number of nitrogens with one attached hydrogen (secondary N) is 1. The van der Waals surface area contributed by atoms with Crippen LogP contribution in [-0.2, 0) is 25.6 Å². The van der Waals surface area contributed by atoms with Crippen molar-refractivity contribution in [2.24, 2.45) is 5.92 Å². The van der Waals surface area contributed by atoms with E-state index in [4.69, 9.17) is 9.47 Å². The molecule has 3 aliphatic rings. The highest BCUT2D eigenvalue weighted by Crippen LogP contribution is 2.35. The van der Waals surface area contributed by atoms with Gasteiger partial charge in [0.15, 0.2) is 0 Å². The Balaban J connectivity index is 1.32. The van der Waals surface area contributed by atoms with Crippen LogP contribution in [0.5, 0.6) is 0 Å². The maximum Gasteiger partial charge on any atom is 0.226 e. The second-order valence-corrected chi connectivity index (χ2v) is 8.23. The van der Waals surface area contributed by atoms with Crippen LogP contribution in [0, 0.1) is 5.92 Å². The fourth-order valence-corrected chi connectivity index (χ4v) is 4.14. The lowest BCUT2D eigenvalue weighted by molar-refractivity contribution is -0.170. The molecular weight excluding hydrogens is 374 g/mol. The van der Waals surface area contributed by atoms with Crippen molar-refractivity contribution in [1.29, 1.82) is 0 Å². The molecule has 8 nitrogen and oxygen atoms in total. The number of β-amino-alcohol motifs (C(OH)–C–C–N with tert-alkyl or cyclic N) is 1. The van der Waals surface area contributed by atoms with Crippen LogP contribution in [0.4, 0.5) is 0 Å². The average Bonchev–Trinajstić information content (AvgIpc) is 3.55. The quantitative estimate of drug-likeness (QED) is 0.748. The molecule has 0 aromatic carbocycles. The van der Waals surface area contributed by atoms with Gasteiger partial charge in [0, 0.05) is 31.4 Å². The molecule has 158 valence electrons. The third-order valence-electron chi connectivity index (χ3n) is 5.84. The molecule has 3 fully saturated rings. The number of carbonyl (C=O) groups excluding carboxylic acids is 2. The molecule has 3 heterocycles. The molecule has 2 amide bonds. The van der Waals surface area contributed by atoms with E-state index in [9.17, 15) is 14.7 Å². The summed E-state index contributed by atoms with van der Waals surface area (Å²) in [6.45, 7) is 1.27. The van der Waals surface area contributed by atoms with Gasteiger partial charge in [-0.25, -0.2) is 0 Å². The number of amides is 2. The Morgan fingerprint density at radius 2 is 1.97 bits per heavy atom. The zero-order chi connectivity index (χ0) is 20.2. The van der Waals surface area contributed by atoms with Crippen LogP contribution in [0.25, 0.3) is 0 Å². The van der Waals surface area contributed by atoms with Gasteiger partial charge in [-0.3, -0.25) is 14.6 Å². The van der Waals surface area contributed by atoms with Crippen LogP contribution in [0.2, 0.25) is 0 Å². The number of hydrogen-bond acceptors (Lipinski definition) is 6. The maximum absolute atomic E-state index is 12.8. The molecule has 1 aromatic rings. The Hall–Kier alpha value is -2.03. The Morgan fingerprint density at radius 3 is 2.72 bits per heavy atom. The van der Waals surface area contributed by atoms with Crippen molar-refractivity contribution in [1.82, 2.24) is 15.2 Å². The summed E-state index contributed by atoms with van der Waals surface area (Å²) in [6.07, 6.45) is 5.87. The third-order valence-corrected chi connectivity index (χ3v) is 5.84. The van der Waals surface area contributed by atoms with Crippen LogP contribution in [0.3, 0.4) is 0 Å². The van der Waals surface area contributed by atoms with Gasteiger partial charge in [0.05, 0.1) is 37.9 Å². The molecule has 1 aliphatic carbocycles. The van der Waals surface area contributed by atoms with Crippen molar-refractivity contribution in [3.05, 3.63) is 30.1 Å². The highest BCUT2D eigenvalue weighted by atomic mass is 16.5. The highest BCUT2D eigenvalue weighted by Gasteiger charge is 2.43. The van der Waals surface area contributed by atoms with Crippen molar-refractivity contribution >= 4 is 11.8 Å². The number of aliphatic hydroxyl groups excluding tert-OH is 1. The smallest absolute Gasteiger partial charge is 0.226 e. The zero-order valence-corrected chi connectivity index (χ0v) is 16.5. The Bertz CT molecular complexity index is 712. The van der Waals surface area contributed by atoms with Gasteiger partial charge in [-0.2, -0.15) is 0 Å². The number of carbonyl (C=O) groups is 2. The molecule has 29 heavy (non-hydrogen) atoms. The molecule has 0 spiro atoms. The van der Waals surface area contributed by atoms with Crippen LogP contribution < -0.4 is 5.32 Å². The number of aromatic nitrogens is 1. The van der Waals surface area contributed by atoms with E-state index in [-0.39, 0.29) is 55.6 Å². The first-order valence-electron chi connectivity index (χ1n) is 10.5. The van der Waals surface area contributed by atoms with Gasteiger partial charge in [-0.1, -0.05) is 0 Å². The van der Waals surface area contributed by atoms with Gasteiger partial charge in [-0.05, 0) is 43.4 Å². The molecule has 8 heteroatoms. The first-order valence-corrected chi connectivity index (χ1v) is 10.5. The van der Waals surface area contributed by atoms with Crippen molar-refractivity contribution in [3.8, 4) is 0 Å². The maximum atomic E-state index is 12.8. The number of pyridine rings is 1. The normalized spacial score (nSPS) is 30.0. The third kappa shape index (κ3) is 5.32. The minimum atomic E-state index is -0.671. The average molecular weight is 403 g/mol. The van der Waals surface area contributed by atoms with E-state index in [0.717, 1.165) is 24.8 Å². The molecule has 1 aromatic heterocycles. The van der Waals surface area contributed by atoms with Gasteiger partial charge in [0.1, 0.15) is 6.10 Å². The van der Waals surface area contributed by atoms with E-state index in [2.05, 4.69) is 10.3 Å². The molecular formula is C21H29N3O5. The predicted octanol–water partition coefficient (Wildman–Crippen LogP) is 0.634. The summed E-state index contributed by atoms with van der Waals surface area (Å²) in [5.41, 5.74) is 0.999.